The van der Waals surface area contributed by atoms with Crippen molar-refractivity contribution in [3.8, 4) is 18.2 Å². The highest BCUT2D eigenvalue weighted by Gasteiger charge is 2.11. The molecule has 1 N–H and O–H groups in total. The lowest BCUT2D eigenvalue weighted by Crippen LogP contribution is -2.29. The molecule has 0 aliphatic rings. The Morgan fingerprint density at radius 3 is 2.74 bits per heavy atom. The van der Waals surface area contributed by atoms with Gasteiger partial charge < -0.3 is 10.1 Å². The fourth-order valence-electron chi connectivity index (χ4n) is 1.91. The summed E-state index contributed by atoms with van der Waals surface area (Å²) in [5, 5.41) is 6.71. The molecule has 0 bridgehead atoms. The highest BCUT2D eigenvalue weighted by atomic mass is 16.5. The van der Waals surface area contributed by atoms with Crippen molar-refractivity contribution in [2.45, 2.75) is 13.8 Å². The van der Waals surface area contributed by atoms with Gasteiger partial charge in [-0.2, -0.15) is 5.10 Å². The van der Waals surface area contributed by atoms with Gasteiger partial charge in [0.1, 0.15) is 0 Å². The molecule has 0 spiro atoms. The standard InChI is InChI=1S/C16H16N4O3/c1-4-7-17-15(21)10-23-16(22)13-5-6-14(18-9-13)20-12(3)8-11(2)19-20/h1,5-6,8-9H,7,10H2,2-3H3,(H,17,21). The van der Waals surface area contributed by atoms with E-state index in [0.29, 0.717) is 5.82 Å². The number of rotatable bonds is 5. The minimum atomic E-state index is -0.631. The fraction of sp³-hybridized carbons (Fsp3) is 0.250. The van der Waals surface area contributed by atoms with E-state index >= 15 is 0 Å². The van der Waals surface area contributed by atoms with Crippen molar-refractivity contribution < 1.29 is 14.3 Å². The molecule has 23 heavy (non-hydrogen) atoms. The first-order valence-corrected chi connectivity index (χ1v) is 6.88. The molecular weight excluding hydrogens is 296 g/mol. The second-order valence-electron chi connectivity index (χ2n) is 4.80. The molecule has 118 valence electrons. The average Bonchev–Trinajstić information content (AvgIpc) is 2.89. The molecule has 0 aliphatic carbocycles. The average molecular weight is 312 g/mol. The van der Waals surface area contributed by atoms with Crippen LogP contribution in [0.15, 0.2) is 24.4 Å². The van der Waals surface area contributed by atoms with Crippen molar-refractivity contribution in [2.75, 3.05) is 13.2 Å². The molecule has 0 saturated heterocycles. The number of terminal acetylenes is 1. The molecule has 0 fully saturated rings. The molecule has 2 aromatic rings. The SMILES string of the molecule is C#CCNC(=O)COC(=O)c1ccc(-n2nc(C)cc2C)nc1. The Bertz CT molecular complexity index is 757. The van der Waals surface area contributed by atoms with Crippen molar-refractivity contribution in [2.24, 2.45) is 0 Å². The van der Waals surface area contributed by atoms with E-state index in [1.54, 1.807) is 16.8 Å². The second-order valence-corrected chi connectivity index (χ2v) is 4.80. The van der Waals surface area contributed by atoms with Gasteiger partial charge in [-0.1, -0.05) is 5.92 Å². The minimum Gasteiger partial charge on any atom is -0.452 e. The molecule has 1 amide bonds. The first kappa shape index (κ1) is 16.2. The molecule has 0 aromatic carbocycles. The Balaban J connectivity index is 1.99. The van der Waals surface area contributed by atoms with Crippen LogP contribution in [0.3, 0.4) is 0 Å². The van der Waals surface area contributed by atoms with Gasteiger partial charge in [-0.05, 0) is 32.0 Å². The number of aryl methyl sites for hydroxylation is 2. The first-order chi connectivity index (χ1) is 11.0. The predicted octanol–water partition coefficient (Wildman–Crippen LogP) is 0.790. The van der Waals surface area contributed by atoms with Crippen LogP contribution in [0.2, 0.25) is 0 Å². The lowest BCUT2D eigenvalue weighted by molar-refractivity contribution is -0.123. The van der Waals surface area contributed by atoms with Gasteiger partial charge in [-0.3, -0.25) is 4.79 Å². The summed E-state index contributed by atoms with van der Waals surface area (Å²) in [6, 6.07) is 5.16. The number of carbonyl (C=O) groups is 2. The Morgan fingerprint density at radius 2 is 2.17 bits per heavy atom. The summed E-state index contributed by atoms with van der Waals surface area (Å²) < 4.78 is 6.56. The maximum Gasteiger partial charge on any atom is 0.340 e. The van der Waals surface area contributed by atoms with E-state index in [-0.39, 0.29) is 18.7 Å². The van der Waals surface area contributed by atoms with E-state index in [4.69, 9.17) is 11.2 Å². The normalized spacial score (nSPS) is 9.96. The van der Waals surface area contributed by atoms with E-state index in [1.165, 1.54) is 6.20 Å². The third-order valence-corrected chi connectivity index (χ3v) is 2.93. The van der Waals surface area contributed by atoms with Crippen LogP contribution in [0.4, 0.5) is 0 Å². The van der Waals surface area contributed by atoms with Crippen LogP contribution >= 0.6 is 0 Å². The second kappa shape index (κ2) is 7.22. The molecule has 0 saturated carbocycles. The third-order valence-electron chi connectivity index (χ3n) is 2.93. The summed E-state index contributed by atoms with van der Waals surface area (Å²) in [6.45, 7) is 3.51. The molecule has 0 unspecified atom stereocenters. The van der Waals surface area contributed by atoms with Crippen LogP contribution in [0.25, 0.3) is 5.82 Å². The topological polar surface area (TPSA) is 86.1 Å². The third kappa shape index (κ3) is 4.17. The number of aromatic nitrogens is 3. The van der Waals surface area contributed by atoms with Crippen molar-refractivity contribution in [1.29, 1.82) is 0 Å². The number of nitrogens with zero attached hydrogens (tertiary/aromatic N) is 3. The molecule has 0 radical (unpaired) electrons. The monoisotopic (exact) mass is 312 g/mol. The summed E-state index contributed by atoms with van der Waals surface area (Å²) in [5.74, 6) is 1.77. The zero-order valence-corrected chi connectivity index (χ0v) is 12.9. The quantitative estimate of drug-likeness (QED) is 0.651. The van der Waals surface area contributed by atoms with Crippen LogP contribution in [-0.4, -0.2) is 39.8 Å². The summed E-state index contributed by atoms with van der Waals surface area (Å²) in [6.07, 6.45) is 6.39. The highest BCUT2D eigenvalue weighted by Crippen LogP contribution is 2.10. The molecule has 7 nitrogen and oxygen atoms in total. The number of hydrogen-bond donors (Lipinski definition) is 1. The largest absolute Gasteiger partial charge is 0.452 e. The van der Waals surface area contributed by atoms with Gasteiger partial charge in [-0.15, -0.1) is 6.42 Å². The lowest BCUT2D eigenvalue weighted by atomic mass is 10.3. The van der Waals surface area contributed by atoms with Crippen LogP contribution in [0.1, 0.15) is 21.7 Å². The maximum atomic E-state index is 11.8. The zero-order valence-electron chi connectivity index (χ0n) is 12.9. The predicted molar refractivity (Wildman–Crippen MR) is 83.0 cm³/mol. The van der Waals surface area contributed by atoms with Crippen molar-refractivity contribution in [3.05, 3.63) is 41.3 Å². The number of carbonyl (C=O) groups excluding carboxylic acids is 2. The van der Waals surface area contributed by atoms with Gasteiger partial charge in [-0.25, -0.2) is 14.5 Å². The molecule has 0 aliphatic heterocycles. The molecule has 2 heterocycles. The smallest absolute Gasteiger partial charge is 0.340 e. The Kier molecular flexibility index (Phi) is 5.10. The number of pyridine rings is 1. The number of esters is 1. The van der Waals surface area contributed by atoms with Gasteiger partial charge >= 0.3 is 5.97 Å². The van der Waals surface area contributed by atoms with Crippen LogP contribution < -0.4 is 5.32 Å². The number of hydrogen-bond acceptors (Lipinski definition) is 5. The number of ether oxygens (including phenoxy) is 1. The van der Waals surface area contributed by atoms with Gasteiger partial charge in [0.05, 0.1) is 17.8 Å². The van der Waals surface area contributed by atoms with Crippen molar-refractivity contribution in [1.82, 2.24) is 20.1 Å². The van der Waals surface area contributed by atoms with Gasteiger partial charge in [0.25, 0.3) is 5.91 Å². The van der Waals surface area contributed by atoms with Gasteiger partial charge in [0, 0.05) is 11.9 Å². The van der Waals surface area contributed by atoms with Crippen LogP contribution in [0.5, 0.6) is 0 Å². The van der Waals surface area contributed by atoms with E-state index in [0.717, 1.165) is 11.4 Å². The van der Waals surface area contributed by atoms with Crippen LogP contribution in [-0.2, 0) is 9.53 Å². The molecule has 2 aromatic heterocycles. The summed E-state index contributed by atoms with van der Waals surface area (Å²) in [5.41, 5.74) is 2.07. The van der Waals surface area contributed by atoms with E-state index < -0.39 is 11.9 Å². The van der Waals surface area contributed by atoms with Gasteiger partial charge in [0.15, 0.2) is 12.4 Å². The van der Waals surface area contributed by atoms with Gasteiger partial charge in [0.2, 0.25) is 0 Å². The number of amides is 1. The minimum absolute atomic E-state index is 0.0925. The van der Waals surface area contributed by atoms with E-state index in [2.05, 4.69) is 21.3 Å². The fourth-order valence-corrected chi connectivity index (χ4v) is 1.91. The summed E-state index contributed by atoms with van der Waals surface area (Å²) >= 11 is 0. The highest BCUT2D eigenvalue weighted by molar-refractivity contribution is 5.91. The Labute approximate surface area is 133 Å². The molecule has 7 heteroatoms. The van der Waals surface area contributed by atoms with Crippen molar-refractivity contribution in [3.63, 3.8) is 0 Å². The van der Waals surface area contributed by atoms with Crippen molar-refractivity contribution >= 4 is 11.9 Å². The lowest BCUT2D eigenvalue weighted by Gasteiger charge is -2.06. The van der Waals surface area contributed by atoms with E-state index in [1.807, 2.05) is 19.9 Å². The maximum absolute atomic E-state index is 11.8. The Morgan fingerprint density at radius 1 is 1.39 bits per heavy atom. The summed E-state index contributed by atoms with van der Waals surface area (Å²) in [4.78, 5) is 27.3. The first-order valence-electron chi connectivity index (χ1n) is 6.88. The summed E-state index contributed by atoms with van der Waals surface area (Å²) in [7, 11) is 0. The molecule has 2 rings (SSSR count). The Hall–Kier alpha value is -3.14. The molecule has 0 atom stereocenters. The van der Waals surface area contributed by atoms with E-state index in [9.17, 15) is 9.59 Å². The zero-order chi connectivity index (χ0) is 16.8. The molecular formula is C16H16N4O3. The van der Waals surface area contributed by atoms with Crippen LogP contribution in [0, 0.1) is 26.2 Å². The number of nitrogens with one attached hydrogen (secondary N) is 1.